The maximum atomic E-state index is 14.8. The number of sulfonamides is 1. The van der Waals surface area contributed by atoms with Gasteiger partial charge in [0.1, 0.15) is 23.9 Å². The Kier molecular flexibility index (Phi) is 12.5. The van der Waals surface area contributed by atoms with Crippen molar-refractivity contribution in [3.05, 3.63) is 125 Å². The minimum Gasteiger partial charge on any atom is -0.497 e. The van der Waals surface area contributed by atoms with Gasteiger partial charge in [-0.1, -0.05) is 48.0 Å². The highest BCUT2D eigenvalue weighted by atomic mass is 35.5. The van der Waals surface area contributed by atoms with Crippen molar-refractivity contribution in [2.45, 2.75) is 62.8 Å². The number of anilines is 1. The Morgan fingerprint density at radius 1 is 0.885 bits per heavy atom. The number of fused-ring (bicyclic) bond motifs is 2. The molecular weight excluding hydrogens is 696 g/mol. The number of halogens is 1. The molecule has 0 radical (unpaired) electrons. The maximum absolute atomic E-state index is 14.8. The molecule has 6 rings (SSSR count). The number of methoxy groups -OCH3 is 3. The fourth-order valence-corrected chi connectivity index (χ4v) is 8.94. The van der Waals surface area contributed by atoms with E-state index in [9.17, 15) is 8.42 Å². The molecular formula is C42H49ClN2O6S. The normalized spacial score (nSPS) is 18.2. The zero-order chi connectivity index (χ0) is 36.7. The van der Waals surface area contributed by atoms with Crippen LogP contribution < -0.4 is 19.1 Å². The Bertz CT molecular complexity index is 1870. The summed E-state index contributed by atoms with van der Waals surface area (Å²) in [6, 6.07) is 26.3. The van der Waals surface area contributed by atoms with Crippen molar-refractivity contribution in [2.75, 3.05) is 39.3 Å². The first-order valence-electron chi connectivity index (χ1n) is 17.9. The second kappa shape index (κ2) is 17.2. The predicted octanol–water partition coefficient (Wildman–Crippen LogP) is 8.70. The van der Waals surface area contributed by atoms with E-state index in [1.54, 1.807) is 27.4 Å². The van der Waals surface area contributed by atoms with E-state index in [1.807, 2.05) is 84.9 Å². The lowest BCUT2D eigenvalue weighted by molar-refractivity contribution is 0.0138. The van der Waals surface area contributed by atoms with E-state index in [-0.39, 0.29) is 24.1 Å². The summed E-state index contributed by atoms with van der Waals surface area (Å²) < 4.78 is 54.2. The third-order valence-electron chi connectivity index (χ3n) is 10.5. The molecule has 0 spiro atoms. The molecule has 10 heteroatoms. The predicted molar refractivity (Wildman–Crippen MR) is 207 cm³/mol. The lowest BCUT2D eigenvalue weighted by Crippen LogP contribution is -2.43. The van der Waals surface area contributed by atoms with E-state index in [1.165, 1.54) is 9.87 Å². The summed E-state index contributed by atoms with van der Waals surface area (Å²) in [5.41, 5.74) is 4.75. The van der Waals surface area contributed by atoms with Gasteiger partial charge in [-0.2, -0.15) is 4.31 Å². The summed E-state index contributed by atoms with van der Waals surface area (Å²) in [4.78, 5) is 2.55. The highest BCUT2D eigenvalue weighted by Gasteiger charge is 2.37. The van der Waals surface area contributed by atoms with Crippen LogP contribution in [0.5, 0.6) is 17.2 Å². The van der Waals surface area contributed by atoms with Crippen LogP contribution in [0.4, 0.5) is 5.69 Å². The molecule has 1 fully saturated rings. The van der Waals surface area contributed by atoms with Crippen LogP contribution in [0.15, 0.2) is 102 Å². The van der Waals surface area contributed by atoms with Crippen molar-refractivity contribution in [3.63, 3.8) is 0 Å². The molecule has 0 amide bonds. The summed E-state index contributed by atoms with van der Waals surface area (Å²) in [5, 5.41) is 0.713. The quantitative estimate of drug-likeness (QED) is 0.127. The molecule has 276 valence electrons. The van der Waals surface area contributed by atoms with Crippen LogP contribution >= 0.6 is 11.6 Å². The molecule has 1 saturated carbocycles. The van der Waals surface area contributed by atoms with Crippen molar-refractivity contribution in [1.82, 2.24) is 4.31 Å². The van der Waals surface area contributed by atoms with E-state index in [0.29, 0.717) is 40.7 Å². The summed E-state index contributed by atoms with van der Waals surface area (Å²) >= 11 is 6.40. The molecule has 52 heavy (non-hydrogen) atoms. The monoisotopic (exact) mass is 744 g/mol. The number of hydrogen-bond donors (Lipinski definition) is 0. The fraction of sp³-hybridized carbons (Fsp3) is 0.381. The molecule has 1 heterocycles. The van der Waals surface area contributed by atoms with E-state index in [4.69, 9.17) is 30.5 Å². The van der Waals surface area contributed by atoms with Crippen molar-refractivity contribution < 1.29 is 27.4 Å². The van der Waals surface area contributed by atoms with Gasteiger partial charge in [-0.15, -0.1) is 6.58 Å². The Morgan fingerprint density at radius 3 is 2.13 bits per heavy atom. The number of nitrogens with zero attached hydrogens (tertiary/aromatic N) is 2. The molecule has 0 saturated heterocycles. The molecule has 1 aliphatic carbocycles. The maximum Gasteiger partial charge on any atom is 0.243 e. The number of benzene rings is 4. The van der Waals surface area contributed by atoms with Gasteiger partial charge < -0.3 is 23.8 Å². The highest BCUT2D eigenvalue weighted by molar-refractivity contribution is 7.89. The van der Waals surface area contributed by atoms with Crippen LogP contribution in [0.3, 0.4) is 0 Å². The van der Waals surface area contributed by atoms with Crippen molar-refractivity contribution in [2.24, 2.45) is 11.8 Å². The topological polar surface area (TPSA) is 77.5 Å². The van der Waals surface area contributed by atoms with Gasteiger partial charge in [-0.3, -0.25) is 0 Å². The van der Waals surface area contributed by atoms with Gasteiger partial charge in [0, 0.05) is 38.3 Å². The van der Waals surface area contributed by atoms with E-state index in [2.05, 4.69) is 11.5 Å². The molecule has 1 aliphatic heterocycles. The zero-order valence-electron chi connectivity index (χ0n) is 30.3. The number of hydrogen-bond acceptors (Lipinski definition) is 7. The first-order valence-corrected chi connectivity index (χ1v) is 19.7. The van der Waals surface area contributed by atoms with E-state index in [0.717, 1.165) is 67.6 Å². The Hall–Kier alpha value is -4.02. The number of ether oxygens (including phenoxy) is 4. The van der Waals surface area contributed by atoms with Crippen molar-refractivity contribution >= 4 is 27.3 Å². The van der Waals surface area contributed by atoms with Crippen LogP contribution in [0, 0.1) is 11.8 Å². The minimum absolute atomic E-state index is 0.0196. The Morgan fingerprint density at radius 2 is 1.56 bits per heavy atom. The molecule has 4 aromatic carbocycles. The van der Waals surface area contributed by atoms with Crippen molar-refractivity contribution in [1.29, 1.82) is 0 Å². The Labute approximate surface area is 314 Å². The minimum atomic E-state index is -4.00. The first-order chi connectivity index (χ1) is 25.2. The summed E-state index contributed by atoms with van der Waals surface area (Å²) in [6.45, 7) is 6.25. The molecule has 2 aliphatic rings. The third-order valence-corrected chi connectivity index (χ3v) is 12.5. The second-order valence-corrected chi connectivity index (χ2v) is 16.0. The lowest BCUT2D eigenvalue weighted by Gasteiger charge is -2.43. The van der Waals surface area contributed by atoms with Crippen LogP contribution in [0.1, 0.15) is 47.9 Å². The smallest absolute Gasteiger partial charge is 0.243 e. The molecule has 8 nitrogen and oxygen atoms in total. The Balaban J connectivity index is 1.38. The molecule has 3 atom stereocenters. The molecule has 0 N–H and O–H groups in total. The number of aryl methyl sites for hydroxylation is 1. The van der Waals surface area contributed by atoms with Gasteiger partial charge >= 0.3 is 0 Å². The summed E-state index contributed by atoms with van der Waals surface area (Å²) in [7, 11) is 0.972. The van der Waals surface area contributed by atoms with Gasteiger partial charge in [0.05, 0.1) is 30.9 Å². The van der Waals surface area contributed by atoms with Crippen LogP contribution in [0.25, 0.3) is 0 Å². The number of rotatable bonds is 13. The molecule has 0 unspecified atom stereocenters. The first kappa shape index (κ1) is 37.7. The third kappa shape index (κ3) is 8.77. The van der Waals surface area contributed by atoms with Crippen LogP contribution in [-0.4, -0.2) is 53.2 Å². The fourth-order valence-electron chi connectivity index (χ4n) is 7.31. The standard InChI is InChI=1S/C42H49ClN2O6S/c1-5-41(50-4)39-21-14-33(39)28-44-23-7-6-8-32-24-35(43)15-13-34(32)29-51-42-22-20-38(25-40(42)44)52(46,47)45(26-30-9-16-36(48-2)17-10-30)27-31-11-18-37(49-3)19-12-31/h5,9-13,15-20,22,24-25,33,39,41H,1,6-8,14,21,23,26-29H2,2-4H3/t33-,39+,41-/m0/s1. The van der Waals surface area contributed by atoms with E-state index < -0.39 is 10.0 Å². The molecule has 0 aromatic heterocycles. The van der Waals surface area contributed by atoms with Gasteiger partial charge in [0.25, 0.3) is 0 Å². The summed E-state index contributed by atoms with van der Waals surface area (Å²) in [6.07, 6.45) is 6.81. The van der Waals surface area contributed by atoms with Gasteiger partial charge in [0.2, 0.25) is 10.0 Å². The largest absolute Gasteiger partial charge is 0.497 e. The second-order valence-electron chi connectivity index (χ2n) is 13.6. The molecule has 4 aromatic rings. The van der Waals surface area contributed by atoms with Crippen LogP contribution in [-0.2, 0) is 40.9 Å². The van der Waals surface area contributed by atoms with Crippen LogP contribution in [0.2, 0.25) is 5.02 Å². The average molecular weight is 745 g/mol. The van der Waals surface area contributed by atoms with E-state index >= 15 is 0 Å². The van der Waals surface area contributed by atoms with Crippen molar-refractivity contribution in [3.8, 4) is 17.2 Å². The molecule has 0 bridgehead atoms. The SMILES string of the molecule is C=C[C@H](OC)[C@@H]1CC[C@H]1CN1CCCCc2cc(Cl)ccc2COc2ccc(S(=O)(=O)N(Cc3ccc(OC)cc3)Cc3ccc(OC)cc3)cc21. The average Bonchev–Trinajstić information content (AvgIpc) is 3.18. The zero-order valence-corrected chi connectivity index (χ0v) is 31.9. The lowest BCUT2D eigenvalue weighted by atomic mass is 9.70. The van der Waals surface area contributed by atoms with Gasteiger partial charge in [0.15, 0.2) is 0 Å². The van der Waals surface area contributed by atoms with Gasteiger partial charge in [-0.05, 0) is 121 Å². The highest BCUT2D eigenvalue weighted by Crippen LogP contribution is 2.42. The van der Waals surface area contributed by atoms with Gasteiger partial charge in [-0.25, -0.2) is 8.42 Å². The summed E-state index contributed by atoms with van der Waals surface area (Å²) in [5.74, 6) is 2.80.